The molecular formula is C28H28FN3O2. The van der Waals surface area contributed by atoms with Crippen LogP contribution in [0.25, 0.3) is 16.6 Å². The lowest BCUT2D eigenvalue weighted by Gasteiger charge is -2.31. The van der Waals surface area contributed by atoms with Crippen molar-refractivity contribution in [1.29, 1.82) is 0 Å². The molecule has 0 saturated carbocycles. The number of carbonyl (C=O) groups is 1. The number of aromatic nitrogens is 2. The molecule has 5 nitrogen and oxygen atoms in total. The van der Waals surface area contributed by atoms with Gasteiger partial charge in [-0.25, -0.2) is 9.37 Å². The molecule has 1 atom stereocenters. The minimum atomic E-state index is -0.494. The van der Waals surface area contributed by atoms with E-state index >= 15 is 0 Å². The Labute approximate surface area is 198 Å². The largest absolute Gasteiger partial charge is 0.329 e. The fraction of sp³-hybridized carbons (Fsp3) is 0.250. The molecule has 0 bridgehead atoms. The molecule has 0 fully saturated rings. The highest BCUT2D eigenvalue weighted by Crippen LogP contribution is 2.25. The number of carbonyl (C=O) groups excluding carboxylic acids is 1. The highest BCUT2D eigenvalue weighted by atomic mass is 19.1. The van der Waals surface area contributed by atoms with Gasteiger partial charge in [-0.2, -0.15) is 0 Å². The van der Waals surface area contributed by atoms with Crippen LogP contribution in [-0.2, 0) is 0 Å². The maximum Gasteiger partial charge on any atom is 0.266 e. The number of halogens is 1. The van der Waals surface area contributed by atoms with E-state index < -0.39 is 6.04 Å². The van der Waals surface area contributed by atoms with Crippen LogP contribution in [0, 0.1) is 5.82 Å². The van der Waals surface area contributed by atoms with Gasteiger partial charge in [0, 0.05) is 12.1 Å². The van der Waals surface area contributed by atoms with Gasteiger partial charge in [-0.3, -0.25) is 14.2 Å². The van der Waals surface area contributed by atoms with Crippen molar-refractivity contribution in [2.75, 3.05) is 6.54 Å². The minimum absolute atomic E-state index is 0.114. The normalized spacial score (nSPS) is 12.0. The van der Waals surface area contributed by atoms with Crippen molar-refractivity contribution >= 4 is 16.8 Å². The summed E-state index contributed by atoms with van der Waals surface area (Å²) < 4.78 is 15.2. The van der Waals surface area contributed by atoms with E-state index in [4.69, 9.17) is 4.98 Å². The second kappa shape index (κ2) is 10.4. The first-order valence-corrected chi connectivity index (χ1v) is 11.6. The molecule has 0 N–H and O–H groups in total. The molecule has 174 valence electrons. The van der Waals surface area contributed by atoms with Crippen molar-refractivity contribution in [1.82, 2.24) is 14.5 Å². The highest BCUT2D eigenvalue weighted by Gasteiger charge is 2.27. The summed E-state index contributed by atoms with van der Waals surface area (Å²) in [6.07, 6.45) is 2.85. The highest BCUT2D eigenvalue weighted by molar-refractivity contribution is 5.94. The Morgan fingerprint density at radius 1 is 0.971 bits per heavy atom. The van der Waals surface area contributed by atoms with Crippen LogP contribution in [0.5, 0.6) is 0 Å². The number of hydrogen-bond donors (Lipinski definition) is 0. The Bertz CT molecular complexity index is 1330. The third-order valence-corrected chi connectivity index (χ3v) is 6.01. The van der Waals surface area contributed by atoms with Crippen molar-refractivity contribution in [3.63, 3.8) is 0 Å². The zero-order valence-electron chi connectivity index (χ0n) is 19.4. The van der Waals surface area contributed by atoms with Crippen LogP contribution in [0.1, 0.15) is 55.3 Å². The lowest BCUT2D eigenvalue weighted by molar-refractivity contribution is 0.0677. The maximum atomic E-state index is 13.7. The number of nitrogens with zero attached hydrogens (tertiary/aromatic N) is 3. The summed E-state index contributed by atoms with van der Waals surface area (Å²) in [6.45, 7) is 4.54. The first-order chi connectivity index (χ1) is 16.5. The predicted molar refractivity (Wildman–Crippen MR) is 133 cm³/mol. The number of para-hydroxylation sites is 1. The zero-order valence-corrected chi connectivity index (χ0v) is 19.4. The Morgan fingerprint density at radius 2 is 1.65 bits per heavy atom. The molecule has 0 aliphatic carbocycles. The van der Waals surface area contributed by atoms with Crippen LogP contribution in [0.2, 0.25) is 0 Å². The third kappa shape index (κ3) is 4.76. The summed E-state index contributed by atoms with van der Waals surface area (Å²) in [5.74, 6) is -0.0612. The summed E-state index contributed by atoms with van der Waals surface area (Å²) in [5, 5.41) is 0.467. The number of hydrogen-bond acceptors (Lipinski definition) is 3. The predicted octanol–water partition coefficient (Wildman–Crippen LogP) is 5.92. The van der Waals surface area contributed by atoms with E-state index in [-0.39, 0.29) is 17.3 Å². The molecule has 0 aliphatic heterocycles. The van der Waals surface area contributed by atoms with Gasteiger partial charge < -0.3 is 4.90 Å². The Balaban J connectivity index is 1.88. The first-order valence-electron chi connectivity index (χ1n) is 11.6. The first kappa shape index (κ1) is 23.4. The molecule has 4 rings (SSSR count). The lowest BCUT2D eigenvalue weighted by atomic mass is 10.1. The van der Waals surface area contributed by atoms with E-state index in [2.05, 4.69) is 6.92 Å². The van der Waals surface area contributed by atoms with Crippen LogP contribution in [0.3, 0.4) is 0 Å². The van der Waals surface area contributed by atoms with E-state index in [0.29, 0.717) is 34.5 Å². The van der Waals surface area contributed by atoms with E-state index in [1.165, 1.54) is 16.7 Å². The molecule has 6 heteroatoms. The molecular weight excluding hydrogens is 429 g/mol. The summed E-state index contributed by atoms with van der Waals surface area (Å²) in [4.78, 5) is 33.8. The van der Waals surface area contributed by atoms with Gasteiger partial charge in [0.15, 0.2) is 0 Å². The molecule has 1 amide bonds. The van der Waals surface area contributed by atoms with Crippen molar-refractivity contribution in [3.05, 3.63) is 106 Å². The van der Waals surface area contributed by atoms with Gasteiger partial charge in [-0.05, 0) is 61.9 Å². The van der Waals surface area contributed by atoms with Crippen LogP contribution in [0.4, 0.5) is 4.39 Å². The van der Waals surface area contributed by atoms with Gasteiger partial charge in [0.1, 0.15) is 11.6 Å². The Kier molecular flexibility index (Phi) is 7.16. The van der Waals surface area contributed by atoms with Gasteiger partial charge in [0.2, 0.25) is 0 Å². The smallest absolute Gasteiger partial charge is 0.266 e. The molecule has 0 radical (unpaired) electrons. The lowest BCUT2D eigenvalue weighted by Crippen LogP contribution is -2.38. The molecule has 4 aromatic rings. The average molecular weight is 458 g/mol. The van der Waals surface area contributed by atoms with Crippen LogP contribution in [0.15, 0.2) is 83.7 Å². The Hall–Kier alpha value is -3.80. The van der Waals surface area contributed by atoms with Crippen molar-refractivity contribution in [2.45, 2.75) is 39.2 Å². The molecule has 1 unspecified atom stereocenters. The number of rotatable bonds is 8. The van der Waals surface area contributed by atoms with Gasteiger partial charge in [-0.15, -0.1) is 0 Å². The number of amides is 1. The van der Waals surface area contributed by atoms with Crippen LogP contribution in [-0.4, -0.2) is 26.9 Å². The zero-order chi connectivity index (χ0) is 24.1. The maximum absolute atomic E-state index is 13.7. The van der Waals surface area contributed by atoms with Gasteiger partial charge >= 0.3 is 0 Å². The third-order valence-electron chi connectivity index (χ3n) is 6.01. The molecule has 1 aromatic heterocycles. The SMILES string of the molecule is CCCCCN(C(=O)c1ccccc1)C(C)c1nc2ccccc2c(=O)n1-c1ccc(F)cc1. The van der Waals surface area contributed by atoms with Crippen molar-refractivity contribution < 1.29 is 9.18 Å². The monoisotopic (exact) mass is 457 g/mol. The topological polar surface area (TPSA) is 55.2 Å². The molecule has 0 saturated heterocycles. The fourth-order valence-electron chi connectivity index (χ4n) is 4.16. The molecule has 1 heterocycles. The average Bonchev–Trinajstić information content (AvgIpc) is 2.87. The van der Waals surface area contributed by atoms with Gasteiger partial charge in [0.25, 0.3) is 11.5 Å². The van der Waals surface area contributed by atoms with Gasteiger partial charge in [-0.1, -0.05) is 50.1 Å². The summed E-state index contributed by atoms with van der Waals surface area (Å²) in [5.41, 5.74) is 1.41. The molecule has 0 aliphatic rings. The standard InChI is InChI=1S/C28H28FN3O2/c1-3-4-10-19-31(27(33)21-11-6-5-7-12-21)20(2)26-30-25-14-9-8-13-24(25)28(34)32(26)23-17-15-22(29)16-18-23/h5-9,11-18,20H,3-4,10,19H2,1-2H3. The van der Waals surface area contributed by atoms with Crippen LogP contribution >= 0.6 is 0 Å². The molecule has 34 heavy (non-hydrogen) atoms. The number of benzene rings is 3. The summed E-state index contributed by atoms with van der Waals surface area (Å²) in [6, 6.07) is 21.5. The second-order valence-corrected chi connectivity index (χ2v) is 8.35. The summed E-state index contributed by atoms with van der Waals surface area (Å²) in [7, 11) is 0. The second-order valence-electron chi connectivity index (χ2n) is 8.35. The summed E-state index contributed by atoms with van der Waals surface area (Å²) >= 11 is 0. The van der Waals surface area contributed by atoms with Crippen molar-refractivity contribution in [3.8, 4) is 5.69 Å². The van der Waals surface area contributed by atoms with Crippen molar-refractivity contribution in [2.24, 2.45) is 0 Å². The molecule has 3 aromatic carbocycles. The number of unbranched alkanes of at least 4 members (excludes halogenated alkanes) is 2. The van der Waals surface area contributed by atoms with E-state index in [1.54, 1.807) is 47.4 Å². The minimum Gasteiger partial charge on any atom is -0.329 e. The number of fused-ring (bicyclic) bond motifs is 1. The van der Waals surface area contributed by atoms with E-state index in [9.17, 15) is 14.0 Å². The molecule has 0 spiro atoms. The quantitative estimate of drug-likeness (QED) is 0.309. The van der Waals surface area contributed by atoms with E-state index in [1.807, 2.05) is 31.2 Å². The van der Waals surface area contributed by atoms with Crippen LogP contribution < -0.4 is 5.56 Å². The fourth-order valence-corrected chi connectivity index (χ4v) is 4.16. The van der Waals surface area contributed by atoms with E-state index in [0.717, 1.165) is 19.3 Å². The Morgan fingerprint density at radius 3 is 2.35 bits per heavy atom. The van der Waals surface area contributed by atoms with Gasteiger partial charge in [0.05, 0.1) is 22.6 Å².